The maximum Gasteiger partial charge on any atom is 0.213 e. The molecule has 0 N–H and O–H groups in total. The zero-order chi connectivity index (χ0) is 14.7. The molecule has 2 heteroatoms. The van der Waals surface area contributed by atoms with Crippen LogP contribution in [0.1, 0.15) is 30.4 Å². The summed E-state index contributed by atoms with van der Waals surface area (Å²) in [5.41, 5.74) is 5.01. The summed E-state index contributed by atoms with van der Waals surface area (Å²) in [5.74, 6) is 0.234. The molecule has 0 bridgehead atoms. The third-order valence-electron chi connectivity index (χ3n) is 4.26. The number of carbonyl (C=O) groups excluding carboxylic acids is 1. The Morgan fingerprint density at radius 3 is 1.90 bits per heavy atom. The molecule has 0 aliphatic carbocycles. The first-order valence-electron chi connectivity index (χ1n) is 7.32. The number of hydrogen-bond acceptors (Lipinski definition) is 1. The Hall–Kier alpha value is -2.35. The molecule has 1 heterocycles. The van der Waals surface area contributed by atoms with Crippen LogP contribution in [0.2, 0.25) is 0 Å². The number of hydrogen-bond donors (Lipinski definition) is 0. The topological polar surface area (TPSA) is 20.3 Å². The Balaban J connectivity index is 2.10. The second-order valence-corrected chi connectivity index (χ2v) is 5.41. The lowest BCUT2D eigenvalue weighted by Gasteiger charge is -2.21. The van der Waals surface area contributed by atoms with E-state index in [0.717, 1.165) is 25.1 Å². The summed E-state index contributed by atoms with van der Waals surface area (Å²) >= 11 is 0. The highest BCUT2D eigenvalue weighted by Gasteiger charge is 2.27. The molecule has 1 amide bonds. The zero-order valence-electron chi connectivity index (χ0n) is 12.2. The van der Waals surface area contributed by atoms with E-state index in [9.17, 15) is 4.79 Å². The molecule has 2 aromatic rings. The molecule has 0 atom stereocenters. The highest BCUT2D eigenvalue weighted by Crippen LogP contribution is 2.38. The molecule has 0 radical (unpaired) electrons. The van der Waals surface area contributed by atoms with E-state index < -0.39 is 0 Å². The van der Waals surface area contributed by atoms with Gasteiger partial charge in [-0.15, -0.1) is 0 Å². The molecule has 0 fully saturated rings. The molecule has 21 heavy (non-hydrogen) atoms. The predicted molar refractivity (Wildman–Crippen MR) is 84.8 cm³/mol. The monoisotopic (exact) mass is 277 g/mol. The fraction of sp³-hybridized carbons (Fsp3) is 0.211. The third kappa shape index (κ3) is 2.62. The van der Waals surface area contributed by atoms with Crippen molar-refractivity contribution in [3.8, 4) is 0 Å². The first-order chi connectivity index (χ1) is 10.3. The molecule has 2 nitrogen and oxygen atoms in total. The molecule has 2 aromatic carbocycles. The van der Waals surface area contributed by atoms with E-state index >= 15 is 0 Å². The van der Waals surface area contributed by atoms with Crippen molar-refractivity contribution in [1.29, 1.82) is 0 Å². The van der Waals surface area contributed by atoms with E-state index in [-0.39, 0.29) is 5.92 Å². The van der Waals surface area contributed by atoms with Crippen LogP contribution in [0.5, 0.6) is 0 Å². The second kappa shape index (κ2) is 5.96. The standard InChI is InChI=1S/C19H19NO/c1-15-18(12-13-20(15)14-21)19(16-8-4-2-5-9-16)17-10-6-3-7-11-17/h2-11,14,19H,12-13H2,1H3. The molecular weight excluding hydrogens is 258 g/mol. The van der Waals surface area contributed by atoms with Gasteiger partial charge in [-0.1, -0.05) is 60.7 Å². The fourth-order valence-electron chi connectivity index (χ4n) is 3.14. The Labute approximate surface area is 125 Å². The van der Waals surface area contributed by atoms with Gasteiger partial charge < -0.3 is 4.90 Å². The molecule has 0 spiro atoms. The molecule has 1 aliphatic heterocycles. The normalized spacial score (nSPS) is 14.9. The largest absolute Gasteiger partial charge is 0.319 e. The average Bonchev–Trinajstić information content (AvgIpc) is 2.91. The fourth-order valence-corrected chi connectivity index (χ4v) is 3.14. The SMILES string of the molecule is CC1=C(C(c2ccccc2)c2ccccc2)CCN1C=O. The van der Waals surface area contributed by atoms with Crippen LogP contribution < -0.4 is 0 Å². The average molecular weight is 277 g/mol. The molecule has 3 rings (SSSR count). The number of allylic oxidation sites excluding steroid dienone is 1. The van der Waals surface area contributed by atoms with E-state index in [1.54, 1.807) is 0 Å². The number of nitrogens with zero attached hydrogens (tertiary/aromatic N) is 1. The summed E-state index contributed by atoms with van der Waals surface area (Å²) < 4.78 is 0. The van der Waals surface area contributed by atoms with Crippen molar-refractivity contribution in [3.63, 3.8) is 0 Å². The minimum Gasteiger partial charge on any atom is -0.319 e. The van der Waals surface area contributed by atoms with Crippen LogP contribution in [0.15, 0.2) is 71.9 Å². The second-order valence-electron chi connectivity index (χ2n) is 5.41. The lowest BCUT2D eigenvalue weighted by atomic mass is 9.83. The number of benzene rings is 2. The van der Waals surface area contributed by atoms with E-state index in [1.165, 1.54) is 16.7 Å². The van der Waals surface area contributed by atoms with Gasteiger partial charge in [0.25, 0.3) is 0 Å². The minimum atomic E-state index is 0.234. The first-order valence-corrected chi connectivity index (χ1v) is 7.32. The van der Waals surface area contributed by atoms with Crippen LogP contribution in [0.4, 0.5) is 0 Å². The van der Waals surface area contributed by atoms with Crippen molar-refractivity contribution < 1.29 is 4.79 Å². The van der Waals surface area contributed by atoms with Gasteiger partial charge in [-0.25, -0.2) is 0 Å². The number of carbonyl (C=O) groups is 1. The summed E-state index contributed by atoms with van der Waals surface area (Å²) in [7, 11) is 0. The summed E-state index contributed by atoms with van der Waals surface area (Å²) in [4.78, 5) is 13.0. The molecule has 0 saturated heterocycles. The number of amides is 1. The van der Waals surface area contributed by atoms with E-state index in [2.05, 4.69) is 55.5 Å². The molecule has 1 aliphatic rings. The first kappa shape index (κ1) is 13.6. The Morgan fingerprint density at radius 1 is 0.952 bits per heavy atom. The molecule has 0 unspecified atom stereocenters. The van der Waals surface area contributed by atoms with Crippen LogP contribution in [-0.4, -0.2) is 17.9 Å². The molecule has 106 valence electrons. The van der Waals surface area contributed by atoms with Gasteiger partial charge in [0.05, 0.1) is 0 Å². The van der Waals surface area contributed by atoms with E-state index in [4.69, 9.17) is 0 Å². The Kier molecular flexibility index (Phi) is 3.87. The van der Waals surface area contributed by atoms with Gasteiger partial charge in [0, 0.05) is 18.2 Å². The van der Waals surface area contributed by atoms with Gasteiger partial charge in [-0.2, -0.15) is 0 Å². The van der Waals surface area contributed by atoms with Crippen LogP contribution in [-0.2, 0) is 4.79 Å². The predicted octanol–water partition coefficient (Wildman–Crippen LogP) is 3.95. The maximum atomic E-state index is 11.2. The lowest BCUT2D eigenvalue weighted by molar-refractivity contribution is -0.116. The van der Waals surface area contributed by atoms with Crippen LogP contribution in [0.3, 0.4) is 0 Å². The smallest absolute Gasteiger partial charge is 0.213 e. The Morgan fingerprint density at radius 2 is 1.48 bits per heavy atom. The van der Waals surface area contributed by atoms with Crippen molar-refractivity contribution in [2.24, 2.45) is 0 Å². The molecular formula is C19H19NO. The third-order valence-corrected chi connectivity index (χ3v) is 4.26. The molecule has 0 saturated carbocycles. The lowest BCUT2D eigenvalue weighted by Crippen LogP contribution is -2.15. The van der Waals surface area contributed by atoms with Gasteiger partial charge in [0.2, 0.25) is 6.41 Å². The van der Waals surface area contributed by atoms with Gasteiger partial charge >= 0.3 is 0 Å². The van der Waals surface area contributed by atoms with Crippen molar-refractivity contribution in [3.05, 3.63) is 83.1 Å². The van der Waals surface area contributed by atoms with Crippen molar-refractivity contribution in [2.45, 2.75) is 19.3 Å². The van der Waals surface area contributed by atoms with E-state index in [1.807, 2.05) is 17.0 Å². The maximum absolute atomic E-state index is 11.2. The van der Waals surface area contributed by atoms with Crippen molar-refractivity contribution in [1.82, 2.24) is 4.90 Å². The molecule has 0 aromatic heterocycles. The van der Waals surface area contributed by atoms with Crippen molar-refractivity contribution in [2.75, 3.05) is 6.54 Å². The van der Waals surface area contributed by atoms with Crippen LogP contribution in [0, 0.1) is 0 Å². The highest BCUT2D eigenvalue weighted by atomic mass is 16.1. The van der Waals surface area contributed by atoms with Crippen LogP contribution in [0.25, 0.3) is 0 Å². The summed E-state index contributed by atoms with van der Waals surface area (Å²) in [6, 6.07) is 21.1. The van der Waals surface area contributed by atoms with Crippen molar-refractivity contribution >= 4 is 6.41 Å². The number of rotatable bonds is 4. The van der Waals surface area contributed by atoms with Gasteiger partial charge in [-0.05, 0) is 30.0 Å². The summed E-state index contributed by atoms with van der Waals surface area (Å²) in [6.45, 7) is 2.84. The summed E-state index contributed by atoms with van der Waals surface area (Å²) in [6.07, 6.45) is 1.88. The highest BCUT2D eigenvalue weighted by molar-refractivity contribution is 5.55. The zero-order valence-corrected chi connectivity index (χ0v) is 12.2. The summed E-state index contributed by atoms with van der Waals surface area (Å²) in [5, 5.41) is 0. The van der Waals surface area contributed by atoms with Gasteiger partial charge in [-0.3, -0.25) is 4.79 Å². The Bertz CT molecular complexity index is 606. The van der Waals surface area contributed by atoms with Gasteiger partial charge in [0.15, 0.2) is 0 Å². The quantitative estimate of drug-likeness (QED) is 0.775. The van der Waals surface area contributed by atoms with Crippen LogP contribution >= 0.6 is 0 Å². The van der Waals surface area contributed by atoms with E-state index in [0.29, 0.717) is 0 Å². The minimum absolute atomic E-state index is 0.234. The van der Waals surface area contributed by atoms with Gasteiger partial charge in [0.1, 0.15) is 0 Å².